The number of benzene rings is 1. The molecule has 1 amide bonds. The summed E-state index contributed by atoms with van der Waals surface area (Å²) in [7, 11) is 1.21. The van der Waals surface area contributed by atoms with Gasteiger partial charge < -0.3 is 20.1 Å². The maximum Gasteiger partial charge on any atom is 0.339 e. The van der Waals surface area contributed by atoms with Crippen molar-refractivity contribution in [2.75, 3.05) is 32.1 Å². The summed E-state index contributed by atoms with van der Waals surface area (Å²) >= 11 is 0. The molecule has 1 heterocycles. The number of amides is 1. The first-order valence-corrected chi connectivity index (χ1v) is 6.46. The summed E-state index contributed by atoms with van der Waals surface area (Å²) in [5.41, 5.74) is -0.208. The van der Waals surface area contributed by atoms with Crippen molar-refractivity contribution in [3.05, 3.63) is 29.6 Å². The van der Waals surface area contributed by atoms with Crippen molar-refractivity contribution >= 4 is 17.6 Å². The third-order valence-corrected chi connectivity index (χ3v) is 3.21. The van der Waals surface area contributed by atoms with E-state index >= 15 is 0 Å². The number of methoxy groups -OCH3 is 1. The van der Waals surface area contributed by atoms with Crippen LogP contribution in [0.4, 0.5) is 10.1 Å². The zero-order chi connectivity index (χ0) is 15.5. The molecule has 21 heavy (non-hydrogen) atoms. The Labute approximate surface area is 121 Å². The Hall–Kier alpha value is -1.99. The van der Waals surface area contributed by atoms with Gasteiger partial charge in [0.15, 0.2) is 0 Å². The number of hydrogen-bond donors (Lipinski definition) is 2. The fourth-order valence-corrected chi connectivity index (χ4v) is 1.91. The molecule has 0 spiro atoms. The average molecular weight is 296 g/mol. The third-order valence-electron chi connectivity index (χ3n) is 3.21. The molecule has 0 aliphatic carbocycles. The molecule has 1 aromatic carbocycles. The first kappa shape index (κ1) is 15.4. The van der Waals surface area contributed by atoms with Gasteiger partial charge in [-0.2, -0.15) is 0 Å². The van der Waals surface area contributed by atoms with Crippen LogP contribution in [0.5, 0.6) is 0 Å². The predicted molar refractivity (Wildman–Crippen MR) is 73.6 cm³/mol. The summed E-state index contributed by atoms with van der Waals surface area (Å²) in [6.07, 6.45) is 0. The Morgan fingerprint density at radius 1 is 1.43 bits per heavy atom. The van der Waals surface area contributed by atoms with E-state index in [1.165, 1.54) is 13.2 Å². The molecule has 0 aromatic heterocycles. The molecule has 1 aliphatic rings. The van der Waals surface area contributed by atoms with Gasteiger partial charge in [-0.1, -0.05) is 0 Å². The Morgan fingerprint density at radius 2 is 2.14 bits per heavy atom. The lowest BCUT2D eigenvalue weighted by Gasteiger charge is -2.38. The highest BCUT2D eigenvalue weighted by atomic mass is 19.1. The quantitative estimate of drug-likeness (QED) is 0.791. The maximum absolute atomic E-state index is 13.3. The second kappa shape index (κ2) is 6.19. The van der Waals surface area contributed by atoms with Crippen LogP contribution in [0.2, 0.25) is 0 Å². The van der Waals surface area contributed by atoms with Crippen molar-refractivity contribution < 1.29 is 23.5 Å². The molecule has 0 saturated carbocycles. The summed E-state index contributed by atoms with van der Waals surface area (Å²) in [5, 5.41) is 5.51. The van der Waals surface area contributed by atoms with Crippen LogP contribution in [0.1, 0.15) is 17.3 Å². The standard InChI is InChI=1S/C14H17FN2O4/c1-14(7-16-8-14)21-6-12(18)17-11-5-9(15)3-4-10(11)13(19)20-2/h3-5,16H,6-8H2,1-2H3,(H,17,18). The number of ether oxygens (including phenoxy) is 2. The van der Waals surface area contributed by atoms with Gasteiger partial charge in [0.1, 0.15) is 12.4 Å². The number of halogens is 1. The molecule has 0 bridgehead atoms. The molecule has 114 valence electrons. The lowest BCUT2D eigenvalue weighted by Crippen LogP contribution is -2.59. The van der Waals surface area contributed by atoms with Gasteiger partial charge in [-0.25, -0.2) is 9.18 Å². The second-order valence-corrected chi connectivity index (χ2v) is 5.07. The molecule has 2 rings (SSSR count). The molecule has 1 saturated heterocycles. The molecule has 0 radical (unpaired) electrons. The van der Waals surface area contributed by atoms with E-state index in [4.69, 9.17) is 4.74 Å². The number of rotatable bonds is 5. The molecular formula is C14H17FN2O4. The minimum absolute atomic E-state index is 0.0623. The normalized spacial score (nSPS) is 16.0. The highest BCUT2D eigenvalue weighted by Gasteiger charge is 2.33. The van der Waals surface area contributed by atoms with Gasteiger partial charge in [0.25, 0.3) is 0 Å². The van der Waals surface area contributed by atoms with Crippen LogP contribution in [0.15, 0.2) is 18.2 Å². The van der Waals surface area contributed by atoms with Crippen molar-refractivity contribution in [3.63, 3.8) is 0 Å². The molecule has 7 heteroatoms. The number of nitrogens with one attached hydrogen (secondary N) is 2. The highest BCUT2D eigenvalue weighted by molar-refractivity contribution is 6.01. The molecule has 1 aliphatic heterocycles. The maximum atomic E-state index is 13.3. The van der Waals surface area contributed by atoms with Crippen molar-refractivity contribution in [2.24, 2.45) is 0 Å². The molecule has 1 aromatic rings. The van der Waals surface area contributed by atoms with Gasteiger partial charge in [-0.15, -0.1) is 0 Å². The van der Waals surface area contributed by atoms with Crippen LogP contribution < -0.4 is 10.6 Å². The van der Waals surface area contributed by atoms with Crippen molar-refractivity contribution in [1.29, 1.82) is 0 Å². The summed E-state index contributed by atoms with van der Waals surface area (Å²) in [6.45, 7) is 3.06. The van der Waals surface area contributed by atoms with Crippen LogP contribution in [-0.4, -0.2) is 44.3 Å². The second-order valence-electron chi connectivity index (χ2n) is 5.07. The topological polar surface area (TPSA) is 76.7 Å². The Kier molecular flexibility index (Phi) is 4.54. The zero-order valence-corrected chi connectivity index (χ0v) is 11.9. The van der Waals surface area contributed by atoms with Crippen molar-refractivity contribution in [3.8, 4) is 0 Å². The summed E-state index contributed by atoms with van der Waals surface area (Å²) in [4.78, 5) is 23.4. The predicted octanol–water partition coefficient (Wildman–Crippen LogP) is 0.929. The van der Waals surface area contributed by atoms with Crippen LogP contribution in [0.3, 0.4) is 0 Å². The summed E-state index contributed by atoms with van der Waals surface area (Å²) in [5.74, 6) is -1.67. The molecule has 6 nitrogen and oxygen atoms in total. The van der Waals surface area contributed by atoms with E-state index in [0.717, 1.165) is 12.1 Å². The van der Waals surface area contributed by atoms with Crippen LogP contribution >= 0.6 is 0 Å². The Balaban J connectivity index is 2.02. The highest BCUT2D eigenvalue weighted by Crippen LogP contribution is 2.19. The van der Waals surface area contributed by atoms with E-state index in [0.29, 0.717) is 13.1 Å². The monoisotopic (exact) mass is 296 g/mol. The van der Waals surface area contributed by atoms with E-state index in [2.05, 4.69) is 15.4 Å². The Bertz CT molecular complexity index is 558. The SMILES string of the molecule is COC(=O)c1ccc(F)cc1NC(=O)COC1(C)CNC1. The minimum atomic E-state index is -0.652. The number of esters is 1. The van der Waals surface area contributed by atoms with Crippen molar-refractivity contribution in [2.45, 2.75) is 12.5 Å². The molecule has 1 fully saturated rings. The van der Waals surface area contributed by atoms with Crippen LogP contribution in [0.25, 0.3) is 0 Å². The van der Waals surface area contributed by atoms with Crippen LogP contribution in [0, 0.1) is 5.82 Å². The lowest BCUT2D eigenvalue weighted by molar-refractivity contribution is -0.130. The number of carbonyl (C=O) groups excluding carboxylic acids is 2. The van der Waals surface area contributed by atoms with E-state index in [1.54, 1.807) is 0 Å². The first-order chi connectivity index (χ1) is 9.93. The lowest BCUT2D eigenvalue weighted by atomic mass is 10.0. The fourth-order valence-electron chi connectivity index (χ4n) is 1.91. The van der Waals surface area contributed by atoms with Gasteiger partial charge >= 0.3 is 5.97 Å². The smallest absolute Gasteiger partial charge is 0.339 e. The van der Waals surface area contributed by atoms with Gasteiger partial charge in [0, 0.05) is 13.1 Å². The van der Waals surface area contributed by atoms with Gasteiger partial charge in [-0.05, 0) is 25.1 Å². The van der Waals surface area contributed by atoms with Crippen molar-refractivity contribution in [1.82, 2.24) is 5.32 Å². The van der Waals surface area contributed by atoms with E-state index < -0.39 is 17.7 Å². The minimum Gasteiger partial charge on any atom is -0.465 e. The summed E-state index contributed by atoms with van der Waals surface area (Å²) in [6, 6.07) is 3.45. The molecule has 2 N–H and O–H groups in total. The van der Waals surface area contributed by atoms with E-state index in [-0.39, 0.29) is 23.5 Å². The average Bonchev–Trinajstić information content (AvgIpc) is 2.42. The molecule has 0 unspecified atom stereocenters. The number of carbonyl (C=O) groups is 2. The molecule has 0 atom stereocenters. The Morgan fingerprint density at radius 3 is 2.71 bits per heavy atom. The van der Waals surface area contributed by atoms with Gasteiger partial charge in [0.2, 0.25) is 5.91 Å². The van der Waals surface area contributed by atoms with E-state index in [9.17, 15) is 14.0 Å². The van der Waals surface area contributed by atoms with Gasteiger partial charge in [0.05, 0.1) is 24.0 Å². The summed E-state index contributed by atoms with van der Waals surface area (Å²) < 4.78 is 23.3. The number of anilines is 1. The largest absolute Gasteiger partial charge is 0.465 e. The first-order valence-electron chi connectivity index (χ1n) is 6.46. The number of hydrogen-bond acceptors (Lipinski definition) is 5. The molecular weight excluding hydrogens is 279 g/mol. The third kappa shape index (κ3) is 3.77. The van der Waals surface area contributed by atoms with E-state index in [1.807, 2.05) is 6.92 Å². The van der Waals surface area contributed by atoms with Gasteiger partial charge in [-0.3, -0.25) is 4.79 Å². The fraction of sp³-hybridized carbons (Fsp3) is 0.429. The van der Waals surface area contributed by atoms with Crippen LogP contribution in [-0.2, 0) is 14.3 Å². The zero-order valence-electron chi connectivity index (χ0n) is 11.9.